The van der Waals surface area contributed by atoms with Gasteiger partial charge in [-0.25, -0.2) is 0 Å². The zero-order valence-corrected chi connectivity index (χ0v) is 17.8. The van der Waals surface area contributed by atoms with Crippen LogP contribution in [0.3, 0.4) is 0 Å². The van der Waals surface area contributed by atoms with Gasteiger partial charge < -0.3 is 20.1 Å². The van der Waals surface area contributed by atoms with Gasteiger partial charge in [0.15, 0.2) is 0 Å². The van der Waals surface area contributed by atoms with Crippen LogP contribution in [0.15, 0.2) is 0 Å². The summed E-state index contributed by atoms with van der Waals surface area (Å²) >= 11 is 0. The molecule has 0 bridgehead atoms. The lowest BCUT2D eigenvalue weighted by Crippen LogP contribution is -2.21. The highest BCUT2D eigenvalue weighted by Crippen LogP contribution is 2.13. The summed E-state index contributed by atoms with van der Waals surface area (Å²) in [6.07, 6.45) is 19.3. The van der Waals surface area contributed by atoms with Gasteiger partial charge in [0.05, 0.1) is 12.8 Å². The van der Waals surface area contributed by atoms with E-state index >= 15 is 0 Å². The van der Waals surface area contributed by atoms with Crippen LogP contribution < -0.4 is 5.11 Å². The Labute approximate surface area is 170 Å². The maximum absolute atomic E-state index is 10.2. The highest BCUT2D eigenvalue weighted by molar-refractivity contribution is 5.75. The predicted molar refractivity (Wildman–Crippen MR) is 109 cm³/mol. The van der Waals surface area contributed by atoms with Gasteiger partial charge in [-0.1, -0.05) is 96.8 Å². The van der Waals surface area contributed by atoms with Gasteiger partial charge in [-0.05, 0) is 12.8 Å². The Bertz CT molecular complexity index is 367. The number of carbonyl (C=O) groups is 3. The minimum Gasteiger partial charge on any atom is -0.550 e. The van der Waals surface area contributed by atoms with Gasteiger partial charge in [-0.2, -0.15) is 0 Å². The second kappa shape index (κ2) is 23.4. The third-order valence-corrected chi connectivity index (χ3v) is 4.54. The van der Waals surface area contributed by atoms with E-state index in [2.05, 4.69) is 6.92 Å². The van der Waals surface area contributed by atoms with E-state index in [4.69, 9.17) is 10.2 Å². The van der Waals surface area contributed by atoms with Gasteiger partial charge in [-0.3, -0.25) is 9.59 Å². The highest BCUT2D eigenvalue weighted by atomic mass is 16.4. The lowest BCUT2D eigenvalue weighted by atomic mass is 10.0. The van der Waals surface area contributed by atoms with E-state index in [0.717, 1.165) is 12.8 Å². The number of aliphatic carboxylic acids is 3. The first-order valence-electron chi connectivity index (χ1n) is 11.0. The summed E-state index contributed by atoms with van der Waals surface area (Å²) in [4.78, 5) is 29.5. The molecule has 28 heavy (non-hydrogen) atoms. The van der Waals surface area contributed by atoms with E-state index in [1.807, 2.05) is 0 Å². The normalized spacial score (nSPS) is 10.2. The van der Waals surface area contributed by atoms with Crippen molar-refractivity contribution in [2.45, 2.75) is 122 Å². The molecule has 0 amide bonds. The van der Waals surface area contributed by atoms with Gasteiger partial charge in [-0.15, -0.1) is 0 Å². The molecule has 0 aromatic heterocycles. The van der Waals surface area contributed by atoms with Crippen LogP contribution >= 0.6 is 0 Å². The fraction of sp³-hybridized carbons (Fsp3) is 0.864. The van der Waals surface area contributed by atoms with Crippen molar-refractivity contribution >= 4 is 17.9 Å². The quantitative estimate of drug-likeness (QED) is 0.296. The van der Waals surface area contributed by atoms with E-state index in [-0.39, 0.29) is 19.3 Å². The number of unbranched alkanes of at least 4 members (excludes halogenated alkanes) is 14. The van der Waals surface area contributed by atoms with Gasteiger partial charge in [0.2, 0.25) is 0 Å². The summed E-state index contributed by atoms with van der Waals surface area (Å²) in [6.45, 7) is 2.27. The molecule has 0 aliphatic rings. The van der Waals surface area contributed by atoms with Crippen LogP contribution in [0.4, 0.5) is 0 Å². The molecule has 0 heterocycles. The van der Waals surface area contributed by atoms with Gasteiger partial charge in [0.25, 0.3) is 0 Å². The van der Waals surface area contributed by atoms with Crippen LogP contribution in [0.5, 0.6) is 0 Å². The van der Waals surface area contributed by atoms with E-state index < -0.39 is 17.9 Å². The number of carboxylic acid groups (broad SMARTS) is 3. The first kappa shape index (κ1) is 28.6. The fourth-order valence-corrected chi connectivity index (χ4v) is 2.85. The Morgan fingerprint density at radius 1 is 0.536 bits per heavy atom. The van der Waals surface area contributed by atoms with Gasteiger partial charge in [0, 0.05) is 5.97 Å². The summed E-state index contributed by atoms with van der Waals surface area (Å²) in [5.41, 5.74) is 0. The van der Waals surface area contributed by atoms with E-state index in [9.17, 15) is 19.5 Å². The minimum atomic E-state index is -1.08. The van der Waals surface area contributed by atoms with Crippen molar-refractivity contribution in [2.24, 2.45) is 0 Å². The molecule has 0 aromatic rings. The topological polar surface area (TPSA) is 115 Å². The second-order valence-corrected chi connectivity index (χ2v) is 7.36. The van der Waals surface area contributed by atoms with Crippen LogP contribution in [-0.4, -0.2) is 28.1 Å². The van der Waals surface area contributed by atoms with Crippen molar-refractivity contribution in [3.8, 4) is 0 Å². The van der Waals surface area contributed by atoms with Crippen LogP contribution in [0.1, 0.15) is 122 Å². The summed E-state index contributed by atoms with van der Waals surface area (Å²) in [6, 6.07) is 0. The van der Waals surface area contributed by atoms with E-state index in [1.54, 1.807) is 0 Å². The Morgan fingerprint density at radius 2 is 0.821 bits per heavy atom. The van der Waals surface area contributed by atoms with Crippen LogP contribution in [0.25, 0.3) is 0 Å². The maximum atomic E-state index is 10.2. The Hall–Kier alpha value is -1.59. The molecule has 0 spiro atoms. The third-order valence-electron chi connectivity index (χ3n) is 4.54. The Balaban J connectivity index is 0. The maximum Gasteiger partial charge on any atom is 0.303 e. The lowest BCUT2D eigenvalue weighted by Gasteiger charge is -2.04. The summed E-state index contributed by atoms with van der Waals surface area (Å²) in [5.74, 6) is -3.06. The SMILES string of the molecule is CCCCCCCCCCCCCCCCCC(=O)[O-].O=C(O)CCC(=O)O. The molecule has 6 heteroatoms. The molecule has 0 saturated carbocycles. The molecular formula is C22H41O6-. The van der Waals surface area contributed by atoms with Crippen molar-refractivity contribution < 1.29 is 29.7 Å². The number of carbonyl (C=O) groups excluding carboxylic acids is 1. The van der Waals surface area contributed by atoms with Crippen LogP contribution in [-0.2, 0) is 14.4 Å². The van der Waals surface area contributed by atoms with Crippen LogP contribution in [0, 0.1) is 0 Å². The molecule has 2 N–H and O–H groups in total. The molecule has 0 atom stereocenters. The largest absolute Gasteiger partial charge is 0.550 e. The van der Waals surface area contributed by atoms with Crippen LogP contribution in [0.2, 0.25) is 0 Å². The molecule has 0 radical (unpaired) electrons. The van der Waals surface area contributed by atoms with Gasteiger partial charge >= 0.3 is 11.9 Å². The van der Waals surface area contributed by atoms with Crippen molar-refractivity contribution in [1.29, 1.82) is 0 Å². The lowest BCUT2D eigenvalue weighted by molar-refractivity contribution is -0.305. The smallest absolute Gasteiger partial charge is 0.303 e. The highest BCUT2D eigenvalue weighted by Gasteiger charge is 2.00. The molecule has 0 saturated heterocycles. The first-order valence-corrected chi connectivity index (χ1v) is 11.0. The van der Waals surface area contributed by atoms with Crippen molar-refractivity contribution in [3.63, 3.8) is 0 Å². The fourth-order valence-electron chi connectivity index (χ4n) is 2.85. The number of hydrogen-bond acceptors (Lipinski definition) is 4. The Morgan fingerprint density at radius 3 is 1.07 bits per heavy atom. The predicted octanol–water partition coefficient (Wildman–Crippen LogP) is 4.93. The minimum absolute atomic E-state index is 0.234. The average Bonchev–Trinajstić information content (AvgIpc) is 2.63. The molecule has 0 rings (SSSR count). The molecule has 0 unspecified atom stereocenters. The molecule has 0 aromatic carbocycles. The monoisotopic (exact) mass is 401 g/mol. The molecular weight excluding hydrogens is 360 g/mol. The standard InChI is InChI=1S/C18H36O2.C4H6O4/c1-2-3-4-5-6-7-8-9-10-11-12-13-14-15-16-17-18(19)20;5-3(6)1-2-4(7)8/h2-17H2,1H3,(H,19,20);1-2H2,(H,5,6)(H,7,8)/p-1. The van der Waals surface area contributed by atoms with Gasteiger partial charge in [0.1, 0.15) is 0 Å². The Kier molecular flexibility index (Phi) is 24.0. The average molecular weight is 402 g/mol. The van der Waals surface area contributed by atoms with Crippen molar-refractivity contribution in [1.82, 2.24) is 0 Å². The third kappa shape index (κ3) is 32.1. The molecule has 166 valence electrons. The number of hydrogen-bond donors (Lipinski definition) is 2. The van der Waals surface area contributed by atoms with E-state index in [0.29, 0.717) is 0 Å². The number of carboxylic acids is 3. The van der Waals surface area contributed by atoms with E-state index in [1.165, 1.54) is 83.5 Å². The van der Waals surface area contributed by atoms with Crippen molar-refractivity contribution in [3.05, 3.63) is 0 Å². The zero-order chi connectivity index (χ0) is 21.5. The zero-order valence-electron chi connectivity index (χ0n) is 17.8. The second-order valence-electron chi connectivity index (χ2n) is 7.36. The molecule has 0 fully saturated rings. The molecule has 0 aliphatic carbocycles. The molecule has 0 aliphatic heterocycles. The van der Waals surface area contributed by atoms with Crippen molar-refractivity contribution in [2.75, 3.05) is 0 Å². The summed E-state index contributed by atoms with van der Waals surface area (Å²) in [5, 5.41) is 26.0. The number of rotatable bonds is 19. The summed E-state index contributed by atoms with van der Waals surface area (Å²) < 4.78 is 0. The summed E-state index contributed by atoms with van der Waals surface area (Å²) in [7, 11) is 0. The molecule has 6 nitrogen and oxygen atoms in total. The first-order chi connectivity index (χ1) is 13.4.